The van der Waals surface area contributed by atoms with Crippen LogP contribution in [0, 0.1) is 5.92 Å². The first-order chi connectivity index (χ1) is 6.24. The maximum atomic E-state index is 10.3. The minimum Gasteiger partial charge on any atom is -0.390 e. The lowest BCUT2D eigenvalue weighted by molar-refractivity contribution is -0.101. The summed E-state index contributed by atoms with van der Waals surface area (Å²) >= 11 is 0. The molecule has 0 aromatic carbocycles. The third-order valence-electron chi connectivity index (χ3n) is 4.00. The van der Waals surface area contributed by atoms with Gasteiger partial charge >= 0.3 is 0 Å². The number of hydrogen-bond acceptors (Lipinski definition) is 2. The summed E-state index contributed by atoms with van der Waals surface area (Å²) in [5, 5.41) is 10.3. The van der Waals surface area contributed by atoms with Crippen molar-refractivity contribution < 1.29 is 9.84 Å². The summed E-state index contributed by atoms with van der Waals surface area (Å²) in [7, 11) is 1.78. The number of aliphatic hydroxyl groups is 1. The predicted octanol–water partition coefficient (Wildman–Crippen LogP) is 2.11. The van der Waals surface area contributed by atoms with Gasteiger partial charge in [0.25, 0.3) is 0 Å². The van der Waals surface area contributed by atoms with Crippen LogP contribution >= 0.6 is 0 Å². The Bertz CT molecular complexity index is 167. The van der Waals surface area contributed by atoms with Gasteiger partial charge in [0, 0.05) is 7.11 Å². The van der Waals surface area contributed by atoms with Crippen LogP contribution in [0.1, 0.15) is 44.9 Å². The molecule has 0 spiro atoms. The van der Waals surface area contributed by atoms with Crippen molar-refractivity contribution >= 4 is 0 Å². The standard InChI is InChI=1S/C11H20O2/c1-13-10-5-7-11(12,8-6-10)9-3-2-4-9/h9-10,12H,2-8H2,1H3. The largest absolute Gasteiger partial charge is 0.390 e. The zero-order valence-corrected chi connectivity index (χ0v) is 8.46. The summed E-state index contributed by atoms with van der Waals surface area (Å²) in [6.07, 6.45) is 8.21. The summed E-state index contributed by atoms with van der Waals surface area (Å²) in [6, 6.07) is 0. The molecule has 2 rings (SSSR count). The van der Waals surface area contributed by atoms with Crippen molar-refractivity contribution in [2.75, 3.05) is 7.11 Å². The van der Waals surface area contributed by atoms with Gasteiger partial charge in [0.05, 0.1) is 11.7 Å². The number of ether oxygens (including phenoxy) is 1. The van der Waals surface area contributed by atoms with E-state index in [9.17, 15) is 5.11 Å². The van der Waals surface area contributed by atoms with Gasteiger partial charge in [-0.1, -0.05) is 6.42 Å². The molecular weight excluding hydrogens is 164 g/mol. The molecule has 2 nitrogen and oxygen atoms in total. The van der Waals surface area contributed by atoms with E-state index in [1.165, 1.54) is 19.3 Å². The van der Waals surface area contributed by atoms with Crippen LogP contribution in [0.25, 0.3) is 0 Å². The molecule has 0 bridgehead atoms. The van der Waals surface area contributed by atoms with Crippen LogP contribution in [0.15, 0.2) is 0 Å². The average molecular weight is 184 g/mol. The molecule has 0 amide bonds. The van der Waals surface area contributed by atoms with Crippen LogP contribution in [0.3, 0.4) is 0 Å². The van der Waals surface area contributed by atoms with Crippen LogP contribution in [0.4, 0.5) is 0 Å². The van der Waals surface area contributed by atoms with E-state index in [4.69, 9.17) is 4.74 Å². The highest BCUT2D eigenvalue weighted by atomic mass is 16.5. The maximum absolute atomic E-state index is 10.3. The molecular formula is C11H20O2. The van der Waals surface area contributed by atoms with Gasteiger partial charge in [0.15, 0.2) is 0 Å². The van der Waals surface area contributed by atoms with Gasteiger partial charge in [-0.2, -0.15) is 0 Å². The molecule has 0 radical (unpaired) electrons. The van der Waals surface area contributed by atoms with E-state index in [1.54, 1.807) is 7.11 Å². The Morgan fingerprint density at radius 1 is 1.15 bits per heavy atom. The first kappa shape index (κ1) is 9.47. The molecule has 2 aliphatic rings. The SMILES string of the molecule is COC1CCC(O)(C2CCC2)CC1. The van der Waals surface area contributed by atoms with Crippen LogP contribution in [-0.2, 0) is 4.74 Å². The van der Waals surface area contributed by atoms with Gasteiger partial charge in [-0.05, 0) is 44.4 Å². The van der Waals surface area contributed by atoms with Crippen LogP contribution in [-0.4, -0.2) is 23.9 Å². The number of rotatable bonds is 2. The Labute approximate surface area is 80.3 Å². The normalized spacial score (nSPS) is 41.5. The van der Waals surface area contributed by atoms with E-state index in [1.807, 2.05) is 0 Å². The topological polar surface area (TPSA) is 29.5 Å². The Hall–Kier alpha value is -0.0800. The molecule has 76 valence electrons. The van der Waals surface area contributed by atoms with E-state index < -0.39 is 0 Å². The highest BCUT2D eigenvalue weighted by Crippen LogP contribution is 2.44. The molecule has 13 heavy (non-hydrogen) atoms. The number of hydrogen-bond donors (Lipinski definition) is 1. The smallest absolute Gasteiger partial charge is 0.0677 e. The fourth-order valence-electron chi connectivity index (χ4n) is 2.68. The van der Waals surface area contributed by atoms with Crippen molar-refractivity contribution in [2.24, 2.45) is 5.92 Å². The molecule has 0 aromatic rings. The van der Waals surface area contributed by atoms with Crippen LogP contribution in [0.2, 0.25) is 0 Å². The monoisotopic (exact) mass is 184 g/mol. The molecule has 0 heterocycles. The summed E-state index contributed by atoms with van der Waals surface area (Å²) < 4.78 is 5.30. The predicted molar refractivity (Wildman–Crippen MR) is 51.6 cm³/mol. The minimum atomic E-state index is -0.326. The second-order valence-electron chi connectivity index (χ2n) is 4.67. The molecule has 1 N–H and O–H groups in total. The zero-order valence-electron chi connectivity index (χ0n) is 8.46. The molecule has 2 fully saturated rings. The van der Waals surface area contributed by atoms with Crippen molar-refractivity contribution in [1.29, 1.82) is 0 Å². The van der Waals surface area contributed by atoms with E-state index in [2.05, 4.69) is 0 Å². The zero-order chi connectivity index (χ0) is 9.31. The van der Waals surface area contributed by atoms with Crippen molar-refractivity contribution in [3.63, 3.8) is 0 Å². The lowest BCUT2D eigenvalue weighted by atomic mass is 9.66. The van der Waals surface area contributed by atoms with Crippen LogP contribution < -0.4 is 0 Å². The highest BCUT2D eigenvalue weighted by molar-refractivity contribution is 4.94. The van der Waals surface area contributed by atoms with E-state index in [-0.39, 0.29) is 5.60 Å². The molecule has 2 heteroatoms. The molecule has 2 saturated carbocycles. The fraction of sp³-hybridized carbons (Fsp3) is 1.00. The molecule has 0 aliphatic heterocycles. The molecule has 0 atom stereocenters. The Morgan fingerprint density at radius 2 is 1.77 bits per heavy atom. The Balaban J connectivity index is 1.87. The lowest BCUT2D eigenvalue weighted by Crippen LogP contribution is -2.45. The van der Waals surface area contributed by atoms with Crippen molar-refractivity contribution in [3.05, 3.63) is 0 Å². The van der Waals surface area contributed by atoms with Gasteiger partial charge in [-0.15, -0.1) is 0 Å². The van der Waals surface area contributed by atoms with E-state index in [0.29, 0.717) is 12.0 Å². The lowest BCUT2D eigenvalue weighted by Gasteiger charge is -2.45. The van der Waals surface area contributed by atoms with E-state index in [0.717, 1.165) is 25.7 Å². The Kier molecular flexibility index (Phi) is 2.61. The average Bonchev–Trinajstić information content (AvgIpc) is 2.02. The van der Waals surface area contributed by atoms with Crippen molar-refractivity contribution in [2.45, 2.75) is 56.7 Å². The van der Waals surface area contributed by atoms with Crippen molar-refractivity contribution in [1.82, 2.24) is 0 Å². The summed E-state index contributed by atoms with van der Waals surface area (Å²) in [5.74, 6) is 0.602. The summed E-state index contributed by atoms with van der Waals surface area (Å²) in [6.45, 7) is 0. The van der Waals surface area contributed by atoms with Gasteiger partial charge < -0.3 is 9.84 Å². The maximum Gasteiger partial charge on any atom is 0.0677 e. The molecule has 0 saturated heterocycles. The second-order valence-corrected chi connectivity index (χ2v) is 4.67. The first-order valence-electron chi connectivity index (χ1n) is 5.50. The third kappa shape index (κ3) is 1.75. The van der Waals surface area contributed by atoms with Crippen LogP contribution in [0.5, 0.6) is 0 Å². The van der Waals surface area contributed by atoms with Gasteiger partial charge in [-0.3, -0.25) is 0 Å². The highest BCUT2D eigenvalue weighted by Gasteiger charge is 2.42. The van der Waals surface area contributed by atoms with Gasteiger partial charge in [0.1, 0.15) is 0 Å². The molecule has 0 aromatic heterocycles. The number of methoxy groups -OCH3 is 1. The minimum absolute atomic E-state index is 0.326. The van der Waals surface area contributed by atoms with E-state index >= 15 is 0 Å². The third-order valence-corrected chi connectivity index (χ3v) is 4.00. The quantitative estimate of drug-likeness (QED) is 0.712. The second kappa shape index (κ2) is 3.58. The van der Waals surface area contributed by atoms with Gasteiger partial charge in [0.2, 0.25) is 0 Å². The van der Waals surface area contributed by atoms with Gasteiger partial charge in [-0.25, -0.2) is 0 Å². The fourth-order valence-corrected chi connectivity index (χ4v) is 2.68. The van der Waals surface area contributed by atoms with Crippen molar-refractivity contribution in [3.8, 4) is 0 Å². The summed E-state index contributed by atoms with van der Waals surface area (Å²) in [4.78, 5) is 0. The first-order valence-corrected chi connectivity index (χ1v) is 5.50. The molecule has 0 unspecified atom stereocenters. The molecule has 2 aliphatic carbocycles. The summed E-state index contributed by atoms with van der Waals surface area (Å²) in [5.41, 5.74) is -0.326. The Morgan fingerprint density at radius 3 is 2.15 bits per heavy atom.